The Balaban J connectivity index is 1.69. The summed E-state index contributed by atoms with van der Waals surface area (Å²) in [6.45, 7) is 1.88. The molecule has 0 bridgehead atoms. The molecule has 0 aliphatic rings. The van der Waals surface area contributed by atoms with Crippen LogP contribution in [0.4, 0.5) is 17.6 Å². The first-order valence-corrected chi connectivity index (χ1v) is 10.2. The Labute approximate surface area is 183 Å². The van der Waals surface area contributed by atoms with Crippen LogP contribution in [0.5, 0.6) is 5.75 Å². The summed E-state index contributed by atoms with van der Waals surface area (Å²) in [5, 5.41) is 6.40. The molecular weight excluding hydrogens is 454 g/mol. The van der Waals surface area contributed by atoms with Gasteiger partial charge in [0, 0.05) is 22.9 Å². The average Bonchev–Trinajstić information content (AvgIpc) is 3.23. The zero-order chi connectivity index (χ0) is 22.3. The lowest BCUT2D eigenvalue weighted by Gasteiger charge is -2.09. The van der Waals surface area contributed by atoms with Crippen LogP contribution in [0, 0.1) is 12.7 Å². The second-order valence-electron chi connectivity index (χ2n) is 6.65. The molecule has 0 amide bonds. The van der Waals surface area contributed by atoms with E-state index in [-0.39, 0.29) is 22.2 Å². The maximum Gasteiger partial charge on any atom is 0.573 e. The SMILES string of the molecule is Cc1c(-c2nc(-c3c(F)cccc3Cl)nn2C)csc1-c1ccc(OC(F)(F)F)cc1. The standard InChI is InChI=1S/C21H14ClF4N3OS/c1-11-14(10-31-18(11)12-6-8-13(9-7-12)30-21(24,25)26)20-27-19(28-29(20)2)17-15(22)4-3-5-16(17)23/h3-10H,1-2H3. The summed E-state index contributed by atoms with van der Waals surface area (Å²) in [6.07, 6.45) is -4.74. The van der Waals surface area contributed by atoms with E-state index in [4.69, 9.17) is 11.6 Å². The molecule has 0 aliphatic carbocycles. The number of aryl methyl sites for hydroxylation is 1. The highest BCUT2D eigenvalue weighted by atomic mass is 35.5. The van der Waals surface area contributed by atoms with Crippen LogP contribution in [0.25, 0.3) is 33.2 Å². The van der Waals surface area contributed by atoms with Crippen LogP contribution in [0.1, 0.15) is 5.56 Å². The first-order valence-electron chi connectivity index (χ1n) is 8.94. The Morgan fingerprint density at radius 2 is 1.81 bits per heavy atom. The minimum Gasteiger partial charge on any atom is -0.406 e. The summed E-state index contributed by atoms with van der Waals surface area (Å²) in [7, 11) is 1.70. The van der Waals surface area contributed by atoms with Crippen LogP contribution in [-0.2, 0) is 7.05 Å². The van der Waals surface area contributed by atoms with Gasteiger partial charge in [-0.2, -0.15) is 5.10 Å². The highest BCUT2D eigenvalue weighted by Gasteiger charge is 2.31. The lowest BCUT2D eigenvalue weighted by Crippen LogP contribution is -2.16. The molecule has 4 aromatic rings. The van der Waals surface area contributed by atoms with Crippen molar-refractivity contribution in [2.75, 3.05) is 0 Å². The van der Waals surface area contributed by atoms with Gasteiger partial charge in [-0.05, 0) is 54.4 Å². The maximum atomic E-state index is 14.3. The molecule has 0 spiro atoms. The molecule has 160 valence electrons. The second-order valence-corrected chi connectivity index (χ2v) is 7.94. The minimum absolute atomic E-state index is 0.124. The lowest BCUT2D eigenvalue weighted by atomic mass is 10.1. The number of rotatable bonds is 4. The molecule has 0 radical (unpaired) electrons. The predicted octanol–water partition coefficient (Wildman–Crippen LogP) is 6.88. The summed E-state index contributed by atoms with van der Waals surface area (Å²) in [5.74, 6) is -0.119. The van der Waals surface area contributed by atoms with Crippen molar-refractivity contribution in [3.8, 4) is 39.0 Å². The highest BCUT2D eigenvalue weighted by Crippen LogP contribution is 2.39. The van der Waals surface area contributed by atoms with E-state index in [9.17, 15) is 17.6 Å². The molecule has 0 saturated heterocycles. The Bertz CT molecular complexity index is 1230. The quantitative estimate of drug-likeness (QED) is 0.307. The first kappa shape index (κ1) is 21.3. The van der Waals surface area contributed by atoms with Crippen molar-refractivity contribution in [3.05, 3.63) is 64.2 Å². The molecule has 2 aromatic heterocycles. The smallest absolute Gasteiger partial charge is 0.406 e. The van der Waals surface area contributed by atoms with Gasteiger partial charge in [0.05, 0.1) is 10.6 Å². The molecule has 4 rings (SSSR count). The number of hydrogen-bond donors (Lipinski definition) is 0. The topological polar surface area (TPSA) is 39.9 Å². The van der Waals surface area contributed by atoms with Crippen molar-refractivity contribution in [1.82, 2.24) is 14.8 Å². The Morgan fingerprint density at radius 1 is 1.10 bits per heavy atom. The highest BCUT2D eigenvalue weighted by molar-refractivity contribution is 7.14. The van der Waals surface area contributed by atoms with E-state index < -0.39 is 12.2 Å². The van der Waals surface area contributed by atoms with Crippen LogP contribution >= 0.6 is 22.9 Å². The second kappa shape index (κ2) is 7.97. The van der Waals surface area contributed by atoms with Gasteiger partial charge in [0.2, 0.25) is 0 Å². The summed E-state index contributed by atoms with van der Waals surface area (Å²) < 4.78 is 56.8. The number of nitrogens with zero attached hydrogens (tertiary/aromatic N) is 3. The van der Waals surface area contributed by atoms with Gasteiger partial charge in [-0.15, -0.1) is 24.5 Å². The average molecular weight is 468 g/mol. The van der Waals surface area contributed by atoms with Gasteiger partial charge in [0.25, 0.3) is 0 Å². The van der Waals surface area contributed by atoms with Gasteiger partial charge in [-0.25, -0.2) is 14.1 Å². The Kier molecular flexibility index (Phi) is 5.49. The zero-order valence-corrected chi connectivity index (χ0v) is 17.7. The summed E-state index contributed by atoms with van der Waals surface area (Å²) in [4.78, 5) is 5.35. The normalized spacial score (nSPS) is 11.7. The molecule has 2 heterocycles. The number of ether oxygens (including phenoxy) is 1. The molecule has 0 N–H and O–H groups in total. The van der Waals surface area contributed by atoms with Crippen LogP contribution < -0.4 is 4.74 Å². The van der Waals surface area contributed by atoms with E-state index in [1.54, 1.807) is 25.2 Å². The summed E-state index contributed by atoms with van der Waals surface area (Å²) >= 11 is 7.55. The van der Waals surface area contributed by atoms with E-state index in [1.165, 1.54) is 40.3 Å². The molecule has 0 aliphatic heterocycles. The number of aromatic nitrogens is 3. The van der Waals surface area contributed by atoms with Gasteiger partial charge in [0.15, 0.2) is 11.6 Å². The molecule has 0 fully saturated rings. The van der Waals surface area contributed by atoms with Gasteiger partial charge in [-0.3, -0.25) is 0 Å². The molecule has 31 heavy (non-hydrogen) atoms. The number of halogens is 5. The van der Waals surface area contributed by atoms with Crippen molar-refractivity contribution >= 4 is 22.9 Å². The van der Waals surface area contributed by atoms with Crippen molar-refractivity contribution < 1.29 is 22.3 Å². The third kappa shape index (κ3) is 4.28. The number of thiophene rings is 1. The van der Waals surface area contributed by atoms with Crippen molar-refractivity contribution in [2.45, 2.75) is 13.3 Å². The molecule has 0 atom stereocenters. The third-order valence-electron chi connectivity index (χ3n) is 4.58. The van der Waals surface area contributed by atoms with Gasteiger partial charge in [-0.1, -0.05) is 17.7 Å². The predicted molar refractivity (Wildman–Crippen MR) is 112 cm³/mol. The maximum absolute atomic E-state index is 14.3. The van der Waals surface area contributed by atoms with Crippen molar-refractivity contribution in [3.63, 3.8) is 0 Å². The number of hydrogen-bond acceptors (Lipinski definition) is 4. The fraction of sp³-hybridized carbons (Fsp3) is 0.143. The Morgan fingerprint density at radius 3 is 2.45 bits per heavy atom. The summed E-state index contributed by atoms with van der Waals surface area (Å²) in [5.41, 5.74) is 2.52. The fourth-order valence-electron chi connectivity index (χ4n) is 3.17. The largest absolute Gasteiger partial charge is 0.573 e. The van der Waals surface area contributed by atoms with Crippen molar-refractivity contribution in [1.29, 1.82) is 0 Å². The van der Waals surface area contributed by atoms with Crippen LogP contribution in [0.3, 0.4) is 0 Å². The third-order valence-corrected chi connectivity index (χ3v) is 6.03. The van der Waals surface area contributed by atoms with E-state index in [2.05, 4.69) is 14.8 Å². The minimum atomic E-state index is -4.74. The summed E-state index contributed by atoms with van der Waals surface area (Å²) in [6, 6.07) is 10.0. The number of alkyl halides is 3. The van der Waals surface area contributed by atoms with E-state index >= 15 is 0 Å². The number of benzene rings is 2. The van der Waals surface area contributed by atoms with Crippen LogP contribution in [-0.4, -0.2) is 21.1 Å². The van der Waals surface area contributed by atoms with E-state index in [1.807, 2.05) is 12.3 Å². The molecule has 2 aromatic carbocycles. The molecule has 0 unspecified atom stereocenters. The van der Waals surface area contributed by atoms with E-state index in [0.29, 0.717) is 5.82 Å². The Hall–Kier alpha value is -2.91. The van der Waals surface area contributed by atoms with Crippen LogP contribution in [0.15, 0.2) is 47.8 Å². The van der Waals surface area contributed by atoms with E-state index in [0.717, 1.165) is 21.6 Å². The first-order chi connectivity index (χ1) is 14.6. The van der Waals surface area contributed by atoms with Gasteiger partial charge < -0.3 is 4.74 Å². The monoisotopic (exact) mass is 467 g/mol. The van der Waals surface area contributed by atoms with Crippen molar-refractivity contribution in [2.24, 2.45) is 7.05 Å². The lowest BCUT2D eigenvalue weighted by molar-refractivity contribution is -0.274. The molecule has 4 nitrogen and oxygen atoms in total. The zero-order valence-electron chi connectivity index (χ0n) is 16.2. The molecular formula is C21H14ClF4N3OS. The van der Waals surface area contributed by atoms with Crippen LogP contribution in [0.2, 0.25) is 5.02 Å². The molecule has 10 heteroatoms. The van der Waals surface area contributed by atoms with Gasteiger partial charge in [0.1, 0.15) is 11.6 Å². The molecule has 0 saturated carbocycles. The fourth-order valence-corrected chi connectivity index (χ4v) is 4.49. The van der Waals surface area contributed by atoms with Gasteiger partial charge >= 0.3 is 6.36 Å².